The minimum Gasteiger partial charge on any atom is -0.488 e. The van der Waals surface area contributed by atoms with Crippen LogP contribution >= 0.6 is 0 Å². The van der Waals surface area contributed by atoms with Crippen LogP contribution in [0.1, 0.15) is 5.56 Å². The lowest BCUT2D eigenvalue weighted by molar-refractivity contribution is -0.275. The molecule has 2 aromatic carbocycles. The molecule has 2 aromatic rings. The molecule has 0 radical (unpaired) electrons. The van der Waals surface area contributed by atoms with E-state index in [9.17, 15) is 13.2 Å². The van der Waals surface area contributed by atoms with Gasteiger partial charge in [-0.2, -0.15) is 0 Å². The van der Waals surface area contributed by atoms with E-state index in [1.807, 2.05) is 31.2 Å². The van der Waals surface area contributed by atoms with Gasteiger partial charge in [0, 0.05) is 6.54 Å². The molecule has 22 heavy (non-hydrogen) atoms. The zero-order valence-corrected chi connectivity index (χ0v) is 12.0. The van der Waals surface area contributed by atoms with Crippen molar-refractivity contribution in [2.45, 2.75) is 13.3 Å². The fraction of sp³-hybridized carbons (Fsp3) is 0.250. The van der Waals surface area contributed by atoms with E-state index in [-0.39, 0.29) is 24.7 Å². The van der Waals surface area contributed by atoms with Crippen LogP contribution in [0.3, 0.4) is 0 Å². The number of nitrogens with two attached hydrogens (primary N) is 1. The second-order valence-electron chi connectivity index (χ2n) is 4.72. The maximum absolute atomic E-state index is 12.5. The number of alkyl halides is 3. The fourth-order valence-electron chi connectivity index (χ4n) is 2.00. The number of aryl methyl sites for hydroxylation is 1. The van der Waals surface area contributed by atoms with Gasteiger partial charge in [-0.3, -0.25) is 0 Å². The lowest BCUT2D eigenvalue weighted by Gasteiger charge is -2.15. The third-order valence-electron chi connectivity index (χ3n) is 2.90. The van der Waals surface area contributed by atoms with Gasteiger partial charge in [-0.25, -0.2) is 0 Å². The number of hydrogen-bond acceptors (Lipinski definition) is 3. The maximum Gasteiger partial charge on any atom is 0.573 e. The van der Waals surface area contributed by atoms with E-state index >= 15 is 0 Å². The third kappa shape index (κ3) is 4.39. The van der Waals surface area contributed by atoms with Crippen molar-refractivity contribution in [1.29, 1.82) is 0 Å². The summed E-state index contributed by atoms with van der Waals surface area (Å²) in [5, 5.41) is 0. The van der Waals surface area contributed by atoms with Crippen molar-refractivity contribution >= 4 is 0 Å². The van der Waals surface area contributed by atoms with E-state index in [1.165, 1.54) is 12.1 Å². The SMILES string of the molecule is Cc1cccc(-c2ccc(OCCN)c(OC(F)(F)F)c2)c1. The molecular formula is C16H16F3NO2. The van der Waals surface area contributed by atoms with Crippen LogP contribution in [-0.2, 0) is 0 Å². The van der Waals surface area contributed by atoms with E-state index in [2.05, 4.69) is 4.74 Å². The first-order valence-corrected chi connectivity index (χ1v) is 6.69. The number of hydrogen-bond donors (Lipinski definition) is 1. The average molecular weight is 311 g/mol. The van der Waals surface area contributed by atoms with Gasteiger partial charge in [-0.15, -0.1) is 13.2 Å². The standard InChI is InChI=1S/C16H16F3NO2/c1-11-3-2-4-12(9-11)13-5-6-14(21-8-7-20)15(10-13)22-16(17,18)19/h2-6,9-10H,7-8,20H2,1H3. The summed E-state index contributed by atoms with van der Waals surface area (Å²) in [4.78, 5) is 0. The Labute approximate surface area is 126 Å². The number of rotatable bonds is 5. The minimum atomic E-state index is -4.79. The number of ether oxygens (including phenoxy) is 2. The van der Waals surface area contributed by atoms with Gasteiger partial charge in [0.2, 0.25) is 0 Å². The summed E-state index contributed by atoms with van der Waals surface area (Å²) in [6.45, 7) is 2.22. The van der Waals surface area contributed by atoms with Gasteiger partial charge in [-0.1, -0.05) is 35.9 Å². The minimum absolute atomic E-state index is 0.0131. The molecule has 0 bridgehead atoms. The van der Waals surface area contributed by atoms with Gasteiger partial charge in [0.05, 0.1) is 0 Å². The predicted molar refractivity (Wildman–Crippen MR) is 77.8 cm³/mol. The summed E-state index contributed by atoms with van der Waals surface area (Å²) in [5.74, 6) is -0.362. The van der Waals surface area contributed by atoms with Crippen molar-refractivity contribution < 1.29 is 22.6 Å². The second-order valence-corrected chi connectivity index (χ2v) is 4.72. The molecule has 2 N–H and O–H groups in total. The van der Waals surface area contributed by atoms with Crippen LogP contribution < -0.4 is 15.2 Å². The van der Waals surface area contributed by atoms with Crippen LogP contribution in [0.2, 0.25) is 0 Å². The molecule has 0 aliphatic heterocycles. The number of benzene rings is 2. The molecule has 3 nitrogen and oxygen atoms in total. The first-order chi connectivity index (χ1) is 10.4. The molecule has 0 aliphatic carbocycles. The molecule has 0 saturated heterocycles. The molecule has 0 fully saturated rings. The highest BCUT2D eigenvalue weighted by Gasteiger charge is 2.32. The number of halogens is 3. The van der Waals surface area contributed by atoms with Crippen LogP contribution in [0.5, 0.6) is 11.5 Å². The summed E-state index contributed by atoms with van der Waals surface area (Å²) < 4.78 is 46.9. The van der Waals surface area contributed by atoms with Crippen molar-refractivity contribution in [3.63, 3.8) is 0 Å². The first-order valence-electron chi connectivity index (χ1n) is 6.69. The third-order valence-corrected chi connectivity index (χ3v) is 2.90. The molecule has 0 amide bonds. The van der Waals surface area contributed by atoms with Gasteiger partial charge in [0.1, 0.15) is 6.61 Å². The predicted octanol–water partition coefficient (Wildman–Crippen LogP) is 3.90. The van der Waals surface area contributed by atoms with Gasteiger partial charge in [0.15, 0.2) is 11.5 Å². The normalized spacial score (nSPS) is 11.3. The molecular weight excluding hydrogens is 295 g/mol. The largest absolute Gasteiger partial charge is 0.573 e. The fourth-order valence-corrected chi connectivity index (χ4v) is 2.00. The zero-order valence-electron chi connectivity index (χ0n) is 12.0. The van der Waals surface area contributed by atoms with Crippen LogP contribution in [0.25, 0.3) is 11.1 Å². The van der Waals surface area contributed by atoms with Crippen molar-refractivity contribution in [3.8, 4) is 22.6 Å². The zero-order chi connectivity index (χ0) is 16.2. The van der Waals surface area contributed by atoms with E-state index < -0.39 is 6.36 Å². The Morgan fingerprint density at radius 1 is 1.00 bits per heavy atom. The summed E-state index contributed by atoms with van der Waals surface area (Å²) in [5.41, 5.74) is 7.73. The highest BCUT2D eigenvalue weighted by molar-refractivity contribution is 5.67. The topological polar surface area (TPSA) is 44.5 Å². The van der Waals surface area contributed by atoms with Gasteiger partial charge in [-0.05, 0) is 30.2 Å². The maximum atomic E-state index is 12.5. The van der Waals surface area contributed by atoms with Crippen LogP contribution in [0.15, 0.2) is 42.5 Å². The molecule has 0 heterocycles. The van der Waals surface area contributed by atoms with Crippen molar-refractivity contribution in [1.82, 2.24) is 0 Å². The van der Waals surface area contributed by atoms with Crippen LogP contribution in [-0.4, -0.2) is 19.5 Å². The van der Waals surface area contributed by atoms with Crippen molar-refractivity contribution in [2.24, 2.45) is 5.73 Å². The summed E-state index contributed by atoms with van der Waals surface area (Å²) >= 11 is 0. The average Bonchev–Trinajstić information content (AvgIpc) is 2.44. The lowest BCUT2D eigenvalue weighted by Crippen LogP contribution is -2.18. The summed E-state index contributed by atoms with van der Waals surface area (Å²) in [6, 6.07) is 11.9. The Balaban J connectivity index is 2.39. The second kappa shape index (κ2) is 6.70. The highest BCUT2D eigenvalue weighted by Crippen LogP contribution is 2.36. The molecule has 6 heteroatoms. The monoisotopic (exact) mass is 311 g/mol. The van der Waals surface area contributed by atoms with E-state index in [0.717, 1.165) is 11.1 Å². The summed E-state index contributed by atoms with van der Waals surface area (Å²) in [6.07, 6.45) is -4.79. The lowest BCUT2D eigenvalue weighted by atomic mass is 10.0. The quantitative estimate of drug-likeness (QED) is 0.911. The van der Waals surface area contributed by atoms with Crippen LogP contribution in [0.4, 0.5) is 13.2 Å². The van der Waals surface area contributed by atoms with Gasteiger partial charge < -0.3 is 15.2 Å². The van der Waals surface area contributed by atoms with Crippen LogP contribution in [0, 0.1) is 6.92 Å². The molecule has 0 aromatic heterocycles. The molecule has 0 aliphatic rings. The Morgan fingerprint density at radius 3 is 2.36 bits per heavy atom. The molecule has 2 rings (SSSR count). The first kappa shape index (κ1) is 16.2. The molecule has 0 unspecified atom stereocenters. The van der Waals surface area contributed by atoms with Crippen molar-refractivity contribution in [3.05, 3.63) is 48.0 Å². The Morgan fingerprint density at radius 2 is 1.73 bits per heavy atom. The summed E-state index contributed by atoms with van der Waals surface area (Å²) in [7, 11) is 0. The van der Waals surface area contributed by atoms with E-state index in [4.69, 9.17) is 10.5 Å². The Bertz CT molecular complexity index is 642. The highest BCUT2D eigenvalue weighted by atomic mass is 19.4. The Kier molecular flexibility index (Phi) is 4.92. The van der Waals surface area contributed by atoms with Gasteiger partial charge in [0.25, 0.3) is 0 Å². The van der Waals surface area contributed by atoms with Gasteiger partial charge >= 0.3 is 6.36 Å². The molecule has 118 valence electrons. The van der Waals surface area contributed by atoms with E-state index in [1.54, 1.807) is 6.07 Å². The smallest absolute Gasteiger partial charge is 0.488 e. The van der Waals surface area contributed by atoms with Crippen molar-refractivity contribution in [2.75, 3.05) is 13.2 Å². The molecule has 0 saturated carbocycles. The molecule has 0 spiro atoms. The van der Waals surface area contributed by atoms with E-state index in [0.29, 0.717) is 5.56 Å². The Hall–Kier alpha value is -2.21. The molecule has 0 atom stereocenters.